The smallest absolute Gasteiger partial charge is 0.283 e. The van der Waals surface area contributed by atoms with Crippen LogP contribution in [0.1, 0.15) is 50.3 Å². The van der Waals surface area contributed by atoms with Crippen LogP contribution in [-0.4, -0.2) is 48.9 Å². The molecule has 128 valence electrons. The number of hydrogen-bond donors (Lipinski definition) is 0. The molecule has 0 radical (unpaired) electrons. The van der Waals surface area contributed by atoms with Crippen molar-refractivity contribution in [2.24, 2.45) is 0 Å². The van der Waals surface area contributed by atoms with Gasteiger partial charge in [0.15, 0.2) is 0 Å². The molecule has 0 amide bonds. The van der Waals surface area contributed by atoms with E-state index in [0.717, 1.165) is 44.3 Å². The van der Waals surface area contributed by atoms with E-state index in [1.54, 1.807) is 14.9 Å². The molecule has 3 heterocycles. The first-order chi connectivity index (χ1) is 11.2. The van der Waals surface area contributed by atoms with Gasteiger partial charge in [-0.2, -0.15) is 17.0 Å². The average Bonchev–Trinajstić information content (AvgIpc) is 3.25. The fourth-order valence-corrected chi connectivity index (χ4v) is 6.31. The Balaban J connectivity index is 1.61. The summed E-state index contributed by atoms with van der Waals surface area (Å²) in [4.78, 5) is 0. The van der Waals surface area contributed by atoms with Gasteiger partial charge in [0, 0.05) is 13.1 Å². The van der Waals surface area contributed by atoms with Crippen molar-refractivity contribution in [3.63, 3.8) is 0 Å². The summed E-state index contributed by atoms with van der Waals surface area (Å²) in [5.41, 5.74) is 0. The van der Waals surface area contributed by atoms with Crippen LogP contribution in [0.3, 0.4) is 0 Å². The molecule has 6 nitrogen and oxygen atoms in total. The molecule has 0 N–H and O–H groups in total. The van der Waals surface area contributed by atoms with E-state index in [-0.39, 0.29) is 18.2 Å². The van der Waals surface area contributed by atoms with Gasteiger partial charge < -0.3 is 9.15 Å². The van der Waals surface area contributed by atoms with Gasteiger partial charge in [-0.25, -0.2) is 0 Å². The minimum absolute atomic E-state index is 0.000325. The summed E-state index contributed by atoms with van der Waals surface area (Å²) >= 11 is 0. The van der Waals surface area contributed by atoms with E-state index in [4.69, 9.17) is 9.15 Å². The predicted octanol–water partition coefficient (Wildman–Crippen LogP) is 2.30. The summed E-state index contributed by atoms with van der Waals surface area (Å²) in [6, 6.07) is 3.53. The second-order valence-electron chi connectivity index (χ2n) is 6.66. The molecule has 4 rings (SSSR count). The zero-order valence-corrected chi connectivity index (χ0v) is 14.1. The van der Waals surface area contributed by atoms with Crippen LogP contribution >= 0.6 is 0 Å². The van der Waals surface area contributed by atoms with Crippen molar-refractivity contribution < 1.29 is 17.6 Å². The Morgan fingerprint density at radius 1 is 1.04 bits per heavy atom. The van der Waals surface area contributed by atoms with E-state index in [1.165, 1.54) is 0 Å². The molecule has 1 aromatic rings. The fraction of sp³-hybridized carbons (Fsp3) is 0.750. The van der Waals surface area contributed by atoms with Crippen LogP contribution in [0, 0.1) is 0 Å². The molecule has 0 aromatic carbocycles. The van der Waals surface area contributed by atoms with E-state index < -0.39 is 10.2 Å². The Hall–Kier alpha value is -0.890. The first-order valence-electron chi connectivity index (χ1n) is 8.61. The highest BCUT2D eigenvalue weighted by Gasteiger charge is 2.46. The van der Waals surface area contributed by atoms with Gasteiger partial charge in [0.2, 0.25) is 0 Å². The van der Waals surface area contributed by atoms with Crippen LogP contribution in [0.5, 0.6) is 0 Å². The second-order valence-corrected chi connectivity index (χ2v) is 8.50. The lowest BCUT2D eigenvalue weighted by atomic mass is 9.91. The van der Waals surface area contributed by atoms with Gasteiger partial charge in [-0.05, 0) is 37.8 Å². The van der Waals surface area contributed by atoms with Crippen molar-refractivity contribution in [1.82, 2.24) is 8.61 Å². The summed E-state index contributed by atoms with van der Waals surface area (Å²) in [7, 11) is -3.48. The first kappa shape index (κ1) is 15.6. The number of morpholine rings is 1. The van der Waals surface area contributed by atoms with Gasteiger partial charge in [-0.15, -0.1) is 0 Å². The molecule has 1 aromatic heterocycles. The number of furan rings is 1. The number of hydrogen-bond acceptors (Lipinski definition) is 4. The molecule has 1 aliphatic carbocycles. The highest BCUT2D eigenvalue weighted by atomic mass is 32.2. The molecule has 3 aliphatic rings. The highest BCUT2D eigenvalue weighted by molar-refractivity contribution is 7.86. The molecule has 0 bridgehead atoms. The summed E-state index contributed by atoms with van der Waals surface area (Å²) in [6.45, 7) is 1.53. The minimum atomic E-state index is -3.48. The lowest BCUT2D eigenvalue weighted by Gasteiger charge is -2.44. The Labute approximate surface area is 137 Å². The maximum absolute atomic E-state index is 13.3. The van der Waals surface area contributed by atoms with Gasteiger partial charge in [0.1, 0.15) is 5.76 Å². The molecule has 0 spiro atoms. The van der Waals surface area contributed by atoms with Crippen molar-refractivity contribution >= 4 is 10.2 Å². The Morgan fingerprint density at radius 3 is 2.74 bits per heavy atom. The molecule has 2 aliphatic heterocycles. The molecule has 1 saturated carbocycles. The fourth-order valence-electron chi connectivity index (χ4n) is 4.26. The molecular formula is C16H24N2O4S. The molecule has 3 fully saturated rings. The second kappa shape index (κ2) is 6.20. The van der Waals surface area contributed by atoms with Crippen LogP contribution in [0.25, 0.3) is 0 Å². The third-order valence-electron chi connectivity index (χ3n) is 5.35. The number of nitrogens with zero attached hydrogens (tertiary/aromatic N) is 2. The van der Waals surface area contributed by atoms with Crippen LogP contribution in [0.4, 0.5) is 0 Å². The van der Waals surface area contributed by atoms with Crippen molar-refractivity contribution in [1.29, 1.82) is 0 Å². The SMILES string of the molecule is O=S(=O)(N1CCC[C@@H]1c1ccco1)N1CCO[C@@H]2CCCC[C@@H]21. The third-order valence-corrected chi connectivity index (χ3v) is 7.43. The van der Waals surface area contributed by atoms with Crippen LogP contribution in [0.2, 0.25) is 0 Å². The topological polar surface area (TPSA) is 63.0 Å². The third kappa shape index (κ3) is 2.73. The van der Waals surface area contributed by atoms with Crippen molar-refractivity contribution in [3.05, 3.63) is 24.2 Å². The van der Waals surface area contributed by atoms with Gasteiger partial charge in [-0.3, -0.25) is 0 Å². The summed E-state index contributed by atoms with van der Waals surface area (Å²) in [5, 5.41) is 0. The van der Waals surface area contributed by atoms with Gasteiger partial charge in [0.25, 0.3) is 10.2 Å². The molecule has 3 atom stereocenters. The number of rotatable bonds is 3. The Kier molecular flexibility index (Phi) is 4.21. The van der Waals surface area contributed by atoms with E-state index >= 15 is 0 Å². The van der Waals surface area contributed by atoms with Crippen LogP contribution < -0.4 is 0 Å². The lowest BCUT2D eigenvalue weighted by Crippen LogP contribution is -2.58. The Bertz CT molecular complexity index is 629. The zero-order chi connectivity index (χ0) is 15.9. The van der Waals surface area contributed by atoms with Gasteiger partial charge in [0.05, 0.1) is 31.1 Å². The van der Waals surface area contributed by atoms with E-state index in [9.17, 15) is 8.42 Å². The van der Waals surface area contributed by atoms with Gasteiger partial charge in [-0.1, -0.05) is 12.8 Å². The molecule has 7 heteroatoms. The predicted molar refractivity (Wildman–Crippen MR) is 85.0 cm³/mol. The van der Waals surface area contributed by atoms with Crippen molar-refractivity contribution in [2.75, 3.05) is 19.7 Å². The highest BCUT2D eigenvalue weighted by Crippen LogP contribution is 2.38. The van der Waals surface area contributed by atoms with Crippen molar-refractivity contribution in [2.45, 2.75) is 56.7 Å². The Morgan fingerprint density at radius 2 is 1.91 bits per heavy atom. The zero-order valence-electron chi connectivity index (χ0n) is 13.3. The quantitative estimate of drug-likeness (QED) is 0.847. The van der Waals surface area contributed by atoms with E-state index in [0.29, 0.717) is 19.7 Å². The maximum Gasteiger partial charge on any atom is 0.283 e. The van der Waals surface area contributed by atoms with Gasteiger partial charge >= 0.3 is 0 Å². The number of ether oxygens (including phenoxy) is 1. The monoisotopic (exact) mass is 340 g/mol. The van der Waals surface area contributed by atoms with Crippen LogP contribution in [0.15, 0.2) is 22.8 Å². The lowest BCUT2D eigenvalue weighted by molar-refractivity contribution is -0.0604. The molecule has 0 unspecified atom stereocenters. The largest absolute Gasteiger partial charge is 0.468 e. The minimum Gasteiger partial charge on any atom is -0.468 e. The summed E-state index contributed by atoms with van der Waals surface area (Å²) < 4.78 is 41.3. The standard InChI is InChI=1S/C16H24N2O4S/c19-23(20,17-9-3-6-14(17)16-8-4-11-21-16)18-10-12-22-15-7-2-1-5-13(15)18/h4,8,11,13-15H,1-3,5-7,9-10,12H2/t13-,14+,15+/m0/s1. The summed E-state index contributed by atoms with van der Waals surface area (Å²) in [6.07, 6.45) is 7.48. The molecule has 2 saturated heterocycles. The summed E-state index contributed by atoms with van der Waals surface area (Å²) in [5.74, 6) is 0.750. The van der Waals surface area contributed by atoms with E-state index in [2.05, 4.69) is 0 Å². The maximum atomic E-state index is 13.3. The first-order valence-corrected chi connectivity index (χ1v) is 10.0. The van der Waals surface area contributed by atoms with Crippen LogP contribution in [-0.2, 0) is 14.9 Å². The average molecular weight is 340 g/mol. The normalized spacial score (nSPS) is 33.7. The van der Waals surface area contributed by atoms with E-state index in [1.807, 2.05) is 12.1 Å². The number of fused-ring (bicyclic) bond motifs is 1. The van der Waals surface area contributed by atoms with Crippen molar-refractivity contribution in [3.8, 4) is 0 Å². The molecule has 23 heavy (non-hydrogen) atoms. The molecular weight excluding hydrogens is 316 g/mol.